The van der Waals surface area contributed by atoms with Gasteiger partial charge in [0.2, 0.25) is 0 Å². The van der Waals surface area contributed by atoms with E-state index in [1.165, 1.54) is 0 Å². The first-order chi connectivity index (χ1) is 11.0. The first-order valence-corrected chi connectivity index (χ1v) is 9.04. The number of halogens is 1. The molecule has 0 aromatic rings. The van der Waals surface area contributed by atoms with Crippen molar-refractivity contribution < 1.29 is 9.53 Å². The first-order valence-electron chi connectivity index (χ1n) is 9.04. The molecular weight excluding hydrogens is 431 g/mol. The highest BCUT2D eigenvalue weighted by atomic mass is 127. The Morgan fingerprint density at radius 2 is 1.72 bits per heavy atom. The average Bonchev–Trinajstić information content (AvgIpc) is 2.42. The van der Waals surface area contributed by atoms with Crippen molar-refractivity contribution in [2.75, 3.05) is 26.2 Å². The minimum Gasteiger partial charge on any atom is -0.444 e. The normalized spacial score (nSPS) is 16.9. The largest absolute Gasteiger partial charge is 0.444 e. The molecule has 1 fully saturated rings. The van der Waals surface area contributed by atoms with E-state index >= 15 is 0 Å². The lowest BCUT2D eigenvalue weighted by Gasteiger charge is -2.33. The van der Waals surface area contributed by atoms with Gasteiger partial charge in [0.25, 0.3) is 0 Å². The van der Waals surface area contributed by atoms with Crippen molar-refractivity contribution in [1.29, 1.82) is 0 Å². The van der Waals surface area contributed by atoms with Crippen LogP contribution in [0.2, 0.25) is 0 Å². The van der Waals surface area contributed by atoms with E-state index in [0.717, 1.165) is 45.0 Å². The van der Waals surface area contributed by atoms with Crippen LogP contribution >= 0.6 is 24.0 Å². The van der Waals surface area contributed by atoms with Gasteiger partial charge in [0.15, 0.2) is 5.96 Å². The highest BCUT2D eigenvalue weighted by molar-refractivity contribution is 14.0. The Morgan fingerprint density at radius 3 is 2.16 bits per heavy atom. The number of carbonyl (C=O) groups is 1. The zero-order chi connectivity index (χ0) is 18.4. The molecule has 0 unspecified atom stereocenters. The second-order valence-corrected chi connectivity index (χ2v) is 8.51. The number of hydrogen-bond acceptors (Lipinski definition) is 3. The molecule has 0 aromatic carbocycles. The summed E-state index contributed by atoms with van der Waals surface area (Å²) >= 11 is 0. The SMILES string of the molecule is CCNC(=NCC1CCN(C(=O)OC(C)(C)C)CC1)NC(C)(C)C.I. The molecule has 1 saturated heterocycles. The molecular formula is C18H37IN4O2. The summed E-state index contributed by atoms with van der Waals surface area (Å²) in [6.07, 6.45) is 1.74. The van der Waals surface area contributed by atoms with Crippen molar-refractivity contribution in [3.05, 3.63) is 0 Å². The van der Waals surface area contributed by atoms with E-state index < -0.39 is 5.60 Å². The number of rotatable bonds is 3. The van der Waals surface area contributed by atoms with Gasteiger partial charge in [-0.15, -0.1) is 24.0 Å². The maximum atomic E-state index is 12.1. The fraction of sp³-hybridized carbons (Fsp3) is 0.889. The number of aliphatic imine (C=N–C) groups is 1. The maximum absolute atomic E-state index is 12.1. The zero-order valence-corrected chi connectivity index (χ0v) is 19.3. The molecule has 6 nitrogen and oxygen atoms in total. The van der Waals surface area contributed by atoms with Crippen LogP contribution in [0.15, 0.2) is 4.99 Å². The zero-order valence-electron chi connectivity index (χ0n) is 16.9. The van der Waals surface area contributed by atoms with Crippen LogP contribution in [0.4, 0.5) is 4.79 Å². The molecule has 1 aliphatic rings. The van der Waals surface area contributed by atoms with Gasteiger partial charge >= 0.3 is 6.09 Å². The van der Waals surface area contributed by atoms with Crippen LogP contribution in [-0.4, -0.2) is 54.3 Å². The molecule has 2 N–H and O–H groups in total. The van der Waals surface area contributed by atoms with Gasteiger partial charge in [-0.1, -0.05) is 0 Å². The predicted molar refractivity (Wildman–Crippen MR) is 115 cm³/mol. The summed E-state index contributed by atoms with van der Waals surface area (Å²) < 4.78 is 5.44. The number of hydrogen-bond donors (Lipinski definition) is 2. The van der Waals surface area contributed by atoms with Crippen molar-refractivity contribution >= 4 is 36.0 Å². The van der Waals surface area contributed by atoms with Gasteiger partial charge in [-0.25, -0.2) is 4.79 Å². The van der Waals surface area contributed by atoms with Crippen LogP contribution in [-0.2, 0) is 4.74 Å². The minimum absolute atomic E-state index is 0. The third-order valence-electron chi connectivity index (χ3n) is 3.61. The van der Waals surface area contributed by atoms with Gasteiger partial charge in [0, 0.05) is 31.7 Å². The van der Waals surface area contributed by atoms with Crippen LogP contribution in [0, 0.1) is 5.92 Å². The highest BCUT2D eigenvalue weighted by Gasteiger charge is 2.26. The van der Waals surface area contributed by atoms with E-state index in [1.54, 1.807) is 0 Å². The molecule has 1 heterocycles. The first kappa shape index (κ1) is 24.3. The van der Waals surface area contributed by atoms with E-state index in [1.807, 2.05) is 25.7 Å². The quantitative estimate of drug-likeness (QED) is 0.378. The van der Waals surface area contributed by atoms with Crippen LogP contribution in [0.5, 0.6) is 0 Å². The lowest BCUT2D eigenvalue weighted by Crippen LogP contribution is -2.48. The van der Waals surface area contributed by atoms with Gasteiger partial charge in [-0.2, -0.15) is 0 Å². The number of ether oxygens (including phenoxy) is 1. The molecule has 148 valence electrons. The molecule has 0 atom stereocenters. The van der Waals surface area contributed by atoms with Gasteiger partial charge in [0.05, 0.1) is 0 Å². The Kier molecular flexibility index (Phi) is 10.1. The van der Waals surface area contributed by atoms with Crippen LogP contribution in [0.25, 0.3) is 0 Å². The standard InChI is InChI=1S/C18H36N4O2.HI/c1-8-19-15(21-17(2,3)4)20-13-14-9-11-22(12-10-14)16(23)24-18(5,6)7;/h14H,8-13H2,1-7H3,(H2,19,20,21);1H. The fourth-order valence-electron chi connectivity index (χ4n) is 2.51. The fourth-order valence-corrected chi connectivity index (χ4v) is 2.51. The monoisotopic (exact) mass is 468 g/mol. The van der Waals surface area contributed by atoms with E-state index in [4.69, 9.17) is 9.73 Å². The van der Waals surface area contributed by atoms with Crippen molar-refractivity contribution in [3.8, 4) is 0 Å². The smallest absolute Gasteiger partial charge is 0.410 e. The Hall–Kier alpha value is -0.730. The number of amides is 1. The van der Waals surface area contributed by atoms with Gasteiger partial charge < -0.3 is 20.3 Å². The Balaban J connectivity index is 0.00000576. The molecule has 0 radical (unpaired) electrons. The maximum Gasteiger partial charge on any atom is 0.410 e. The second-order valence-electron chi connectivity index (χ2n) is 8.51. The topological polar surface area (TPSA) is 66.0 Å². The second kappa shape index (κ2) is 10.4. The van der Waals surface area contributed by atoms with Gasteiger partial charge in [-0.05, 0) is 67.2 Å². The van der Waals surface area contributed by atoms with Crippen molar-refractivity contribution in [1.82, 2.24) is 15.5 Å². The third-order valence-corrected chi connectivity index (χ3v) is 3.61. The molecule has 1 amide bonds. The number of nitrogens with zero attached hydrogens (tertiary/aromatic N) is 2. The summed E-state index contributed by atoms with van der Waals surface area (Å²) in [7, 11) is 0. The molecule has 25 heavy (non-hydrogen) atoms. The lowest BCUT2D eigenvalue weighted by molar-refractivity contribution is 0.0187. The van der Waals surface area contributed by atoms with E-state index in [0.29, 0.717) is 5.92 Å². The van der Waals surface area contributed by atoms with E-state index in [2.05, 4.69) is 38.3 Å². The molecule has 7 heteroatoms. The Bertz CT molecular complexity index is 433. The van der Waals surface area contributed by atoms with Crippen molar-refractivity contribution in [3.63, 3.8) is 0 Å². The van der Waals surface area contributed by atoms with Gasteiger partial charge in [-0.3, -0.25) is 4.99 Å². The molecule has 0 bridgehead atoms. The van der Waals surface area contributed by atoms with Gasteiger partial charge in [0.1, 0.15) is 5.60 Å². The van der Waals surface area contributed by atoms with Crippen molar-refractivity contribution in [2.24, 2.45) is 10.9 Å². The summed E-state index contributed by atoms with van der Waals surface area (Å²) in [5, 5.41) is 6.69. The third kappa shape index (κ3) is 10.8. The van der Waals surface area contributed by atoms with E-state index in [9.17, 15) is 4.79 Å². The predicted octanol–water partition coefficient (Wildman–Crippen LogP) is 3.61. The Morgan fingerprint density at radius 1 is 1.16 bits per heavy atom. The molecule has 0 spiro atoms. The molecule has 0 aromatic heterocycles. The summed E-state index contributed by atoms with van der Waals surface area (Å²) in [4.78, 5) is 18.6. The van der Waals surface area contributed by atoms with Crippen LogP contribution in [0.3, 0.4) is 0 Å². The number of piperidine rings is 1. The summed E-state index contributed by atoms with van der Waals surface area (Å²) in [5.41, 5.74) is -0.446. The van der Waals surface area contributed by atoms with Crippen LogP contribution < -0.4 is 10.6 Å². The highest BCUT2D eigenvalue weighted by Crippen LogP contribution is 2.20. The molecule has 1 rings (SSSR count). The molecule has 0 aliphatic carbocycles. The van der Waals surface area contributed by atoms with E-state index in [-0.39, 0.29) is 35.6 Å². The summed E-state index contributed by atoms with van der Waals surface area (Å²) in [6.45, 7) is 17.3. The number of likely N-dealkylation sites (tertiary alicyclic amines) is 1. The Labute approximate surface area is 170 Å². The number of carbonyl (C=O) groups excluding carboxylic acids is 1. The summed E-state index contributed by atoms with van der Waals surface area (Å²) in [5.74, 6) is 1.37. The summed E-state index contributed by atoms with van der Waals surface area (Å²) in [6, 6.07) is 0. The number of nitrogens with one attached hydrogen (secondary N) is 2. The van der Waals surface area contributed by atoms with Crippen molar-refractivity contribution in [2.45, 2.75) is 72.4 Å². The minimum atomic E-state index is -0.433. The lowest BCUT2D eigenvalue weighted by atomic mass is 9.97. The van der Waals surface area contributed by atoms with Crippen LogP contribution in [0.1, 0.15) is 61.3 Å². The molecule has 0 saturated carbocycles. The average molecular weight is 468 g/mol. The number of guanidine groups is 1. The molecule has 1 aliphatic heterocycles.